The molecule has 2 aromatic carbocycles. The molecule has 1 unspecified atom stereocenters. The van der Waals surface area contributed by atoms with Crippen molar-refractivity contribution in [2.45, 2.75) is 12.7 Å². The highest BCUT2D eigenvalue weighted by Gasteiger charge is 2.19. The largest absolute Gasteiger partial charge is 0.458 e. The lowest BCUT2D eigenvalue weighted by atomic mass is 10.2. The van der Waals surface area contributed by atoms with Crippen molar-refractivity contribution in [3.8, 4) is 5.88 Å². The molecule has 1 atom stereocenters. The van der Waals surface area contributed by atoms with E-state index in [4.69, 9.17) is 9.47 Å². The minimum absolute atomic E-state index is 0.195. The van der Waals surface area contributed by atoms with E-state index in [1.807, 2.05) is 66.7 Å². The van der Waals surface area contributed by atoms with Gasteiger partial charge < -0.3 is 9.47 Å². The number of esters is 1. The van der Waals surface area contributed by atoms with Crippen molar-refractivity contribution in [1.29, 1.82) is 0 Å². The zero-order valence-electron chi connectivity index (χ0n) is 14.2. The summed E-state index contributed by atoms with van der Waals surface area (Å²) in [5.74, 6) is -0.0986. The minimum Gasteiger partial charge on any atom is -0.458 e. The number of hydrogen-bond acceptors (Lipinski definition) is 4. The van der Waals surface area contributed by atoms with Gasteiger partial charge in [-0.2, -0.15) is 0 Å². The standard InChI is InChI=1S/C22H19NO3/c24-22(25-17-19-11-5-2-6-12-19)20(26-21-13-7-8-16-23-21)15-14-18-9-3-1-4-10-18/h1-16,20H,17H2/b15-14+. The molecule has 4 nitrogen and oxygen atoms in total. The van der Waals surface area contributed by atoms with E-state index in [9.17, 15) is 4.79 Å². The average molecular weight is 345 g/mol. The Hall–Kier alpha value is -3.40. The summed E-state index contributed by atoms with van der Waals surface area (Å²) >= 11 is 0. The molecule has 1 heterocycles. The second-order valence-electron chi connectivity index (χ2n) is 5.57. The lowest BCUT2D eigenvalue weighted by Crippen LogP contribution is -2.27. The Morgan fingerprint density at radius 2 is 1.62 bits per heavy atom. The summed E-state index contributed by atoms with van der Waals surface area (Å²) in [6.45, 7) is 0.195. The number of carbonyl (C=O) groups excluding carboxylic acids is 1. The van der Waals surface area contributed by atoms with Gasteiger partial charge in [-0.15, -0.1) is 0 Å². The van der Waals surface area contributed by atoms with E-state index in [1.54, 1.807) is 30.5 Å². The van der Waals surface area contributed by atoms with Crippen LogP contribution in [0.1, 0.15) is 11.1 Å². The SMILES string of the molecule is O=C(OCc1ccccc1)C(/C=C/c1ccccc1)Oc1ccccn1. The first-order valence-electron chi connectivity index (χ1n) is 8.33. The molecule has 0 aliphatic rings. The Morgan fingerprint density at radius 1 is 0.923 bits per heavy atom. The van der Waals surface area contributed by atoms with Crippen LogP contribution in [-0.4, -0.2) is 17.1 Å². The van der Waals surface area contributed by atoms with Gasteiger partial charge in [0.1, 0.15) is 6.61 Å². The van der Waals surface area contributed by atoms with Crippen LogP contribution >= 0.6 is 0 Å². The van der Waals surface area contributed by atoms with Gasteiger partial charge in [0.05, 0.1) is 0 Å². The Kier molecular flexibility index (Phi) is 6.15. The first kappa shape index (κ1) is 17.4. The summed E-state index contributed by atoms with van der Waals surface area (Å²) in [6.07, 6.45) is 4.24. The van der Waals surface area contributed by atoms with Crippen LogP contribution in [0.5, 0.6) is 5.88 Å². The first-order chi connectivity index (χ1) is 12.8. The predicted molar refractivity (Wildman–Crippen MR) is 100 cm³/mol. The van der Waals surface area contributed by atoms with Gasteiger partial charge in [0.25, 0.3) is 0 Å². The topological polar surface area (TPSA) is 48.4 Å². The number of aromatic nitrogens is 1. The van der Waals surface area contributed by atoms with E-state index < -0.39 is 12.1 Å². The van der Waals surface area contributed by atoms with Crippen molar-refractivity contribution in [2.24, 2.45) is 0 Å². The van der Waals surface area contributed by atoms with Gasteiger partial charge in [0, 0.05) is 12.3 Å². The first-order valence-corrected chi connectivity index (χ1v) is 8.33. The Labute approximate surface area is 152 Å². The molecule has 4 heteroatoms. The third kappa shape index (κ3) is 5.31. The van der Waals surface area contributed by atoms with E-state index >= 15 is 0 Å². The average Bonchev–Trinajstić information content (AvgIpc) is 2.71. The van der Waals surface area contributed by atoms with Crippen molar-refractivity contribution >= 4 is 12.0 Å². The molecule has 0 aliphatic carbocycles. The smallest absolute Gasteiger partial charge is 0.351 e. The highest BCUT2D eigenvalue weighted by molar-refractivity contribution is 5.78. The highest BCUT2D eigenvalue weighted by Crippen LogP contribution is 2.12. The molecule has 0 saturated carbocycles. The van der Waals surface area contributed by atoms with Gasteiger partial charge in [0.2, 0.25) is 12.0 Å². The van der Waals surface area contributed by atoms with Crippen LogP contribution in [0.25, 0.3) is 6.08 Å². The molecule has 0 N–H and O–H groups in total. The number of benzene rings is 2. The fraction of sp³-hybridized carbons (Fsp3) is 0.0909. The number of ether oxygens (including phenoxy) is 2. The van der Waals surface area contributed by atoms with Crippen LogP contribution in [0.3, 0.4) is 0 Å². The molecule has 3 aromatic rings. The summed E-state index contributed by atoms with van der Waals surface area (Å²) in [6, 6.07) is 24.5. The van der Waals surface area contributed by atoms with Gasteiger partial charge in [-0.1, -0.05) is 72.8 Å². The van der Waals surface area contributed by atoms with Gasteiger partial charge >= 0.3 is 5.97 Å². The monoisotopic (exact) mass is 345 g/mol. The van der Waals surface area contributed by atoms with Gasteiger partial charge in [-0.3, -0.25) is 0 Å². The normalized spacial score (nSPS) is 11.8. The maximum atomic E-state index is 12.5. The van der Waals surface area contributed by atoms with Gasteiger partial charge in [-0.05, 0) is 23.3 Å². The number of nitrogens with zero attached hydrogens (tertiary/aromatic N) is 1. The molecule has 1 aromatic heterocycles. The van der Waals surface area contributed by atoms with Gasteiger partial charge in [0.15, 0.2) is 0 Å². The summed E-state index contributed by atoms with van der Waals surface area (Å²) in [4.78, 5) is 16.6. The van der Waals surface area contributed by atoms with Crippen molar-refractivity contribution in [2.75, 3.05) is 0 Å². The second kappa shape index (κ2) is 9.18. The van der Waals surface area contributed by atoms with E-state index in [2.05, 4.69) is 4.98 Å². The molecule has 0 radical (unpaired) electrons. The third-order valence-electron chi connectivity index (χ3n) is 3.60. The summed E-state index contributed by atoms with van der Waals surface area (Å²) in [5, 5.41) is 0. The van der Waals surface area contributed by atoms with Crippen molar-refractivity contribution < 1.29 is 14.3 Å². The quantitative estimate of drug-likeness (QED) is 0.600. The van der Waals surface area contributed by atoms with Crippen molar-refractivity contribution in [3.05, 3.63) is 102 Å². The summed E-state index contributed by atoms with van der Waals surface area (Å²) in [5.41, 5.74) is 1.89. The van der Waals surface area contributed by atoms with Crippen LogP contribution in [-0.2, 0) is 16.1 Å². The van der Waals surface area contributed by atoms with E-state index in [1.165, 1.54) is 0 Å². The lowest BCUT2D eigenvalue weighted by molar-refractivity contribution is -0.151. The lowest BCUT2D eigenvalue weighted by Gasteiger charge is -2.14. The predicted octanol–water partition coefficient (Wildman–Crippen LogP) is 4.29. The summed E-state index contributed by atoms with van der Waals surface area (Å²) < 4.78 is 11.1. The van der Waals surface area contributed by atoms with Crippen LogP contribution in [0, 0.1) is 0 Å². The van der Waals surface area contributed by atoms with E-state index in [-0.39, 0.29) is 6.61 Å². The Bertz CT molecular complexity index is 833. The number of rotatable bonds is 7. The molecule has 26 heavy (non-hydrogen) atoms. The maximum Gasteiger partial charge on any atom is 0.351 e. The fourth-order valence-electron chi connectivity index (χ4n) is 2.29. The van der Waals surface area contributed by atoms with E-state index in [0.29, 0.717) is 5.88 Å². The van der Waals surface area contributed by atoms with E-state index in [0.717, 1.165) is 11.1 Å². The molecular weight excluding hydrogens is 326 g/mol. The molecule has 0 spiro atoms. The second-order valence-corrected chi connectivity index (χ2v) is 5.57. The zero-order chi connectivity index (χ0) is 18.0. The molecular formula is C22H19NO3. The van der Waals surface area contributed by atoms with Crippen LogP contribution < -0.4 is 4.74 Å². The van der Waals surface area contributed by atoms with Crippen LogP contribution in [0.15, 0.2) is 91.1 Å². The number of carbonyl (C=O) groups is 1. The molecule has 0 fully saturated rings. The molecule has 0 aliphatic heterocycles. The molecule has 0 amide bonds. The molecule has 3 rings (SSSR count). The summed E-state index contributed by atoms with van der Waals surface area (Å²) in [7, 11) is 0. The Morgan fingerprint density at radius 3 is 2.31 bits per heavy atom. The highest BCUT2D eigenvalue weighted by atomic mass is 16.6. The van der Waals surface area contributed by atoms with Crippen molar-refractivity contribution in [1.82, 2.24) is 4.98 Å². The van der Waals surface area contributed by atoms with Gasteiger partial charge in [-0.25, -0.2) is 9.78 Å². The molecule has 0 saturated heterocycles. The zero-order valence-corrected chi connectivity index (χ0v) is 14.2. The molecule has 130 valence electrons. The van der Waals surface area contributed by atoms with Crippen LogP contribution in [0.2, 0.25) is 0 Å². The molecule has 0 bridgehead atoms. The number of pyridine rings is 1. The van der Waals surface area contributed by atoms with Crippen molar-refractivity contribution in [3.63, 3.8) is 0 Å². The fourth-order valence-corrected chi connectivity index (χ4v) is 2.29. The maximum absolute atomic E-state index is 12.5. The van der Waals surface area contributed by atoms with Crippen LogP contribution in [0.4, 0.5) is 0 Å². The Balaban J connectivity index is 1.71. The number of hydrogen-bond donors (Lipinski definition) is 0. The third-order valence-corrected chi connectivity index (χ3v) is 3.60. The minimum atomic E-state index is -0.881.